The van der Waals surface area contributed by atoms with Gasteiger partial charge in [-0.25, -0.2) is 9.78 Å². The molecule has 0 unspecified atom stereocenters. The number of hydrogen-bond acceptors (Lipinski definition) is 4. The van der Waals surface area contributed by atoms with Crippen LogP contribution < -0.4 is 15.5 Å². The van der Waals surface area contributed by atoms with Crippen molar-refractivity contribution in [1.29, 1.82) is 0 Å². The lowest BCUT2D eigenvalue weighted by molar-refractivity contribution is -0.132. The number of carbonyl (C=O) groups excluding carboxylic acids is 2. The molecule has 31 heavy (non-hydrogen) atoms. The number of anilines is 1. The molecule has 5 rings (SSSR count). The summed E-state index contributed by atoms with van der Waals surface area (Å²) in [6, 6.07) is 6.31. The van der Waals surface area contributed by atoms with Crippen molar-refractivity contribution in [1.82, 2.24) is 20.5 Å². The van der Waals surface area contributed by atoms with E-state index in [2.05, 4.69) is 20.5 Å². The van der Waals surface area contributed by atoms with Crippen LogP contribution in [0.3, 0.4) is 0 Å². The molecule has 2 aliphatic heterocycles. The van der Waals surface area contributed by atoms with Crippen molar-refractivity contribution in [3.8, 4) is 0 Å². The van der Waals surface area contributed by atoms with Gasteiger partial charge in [-0.3, -0.25) is 4.79 Å². The van der Waals surface area contributed by atoms with Crippen molar-refractivity contribution in [2.75, 3.05) is 37.6 Å². The van der Waals surface area contributed by atoms with Gasteiger partial charge in [0.2, 0.25) is 5.91 Å². The van der Waals surface area contributed by atoms with E-state index >= 15 is 0 Å². The first kappa shape index (κ1) is 20.6. The van der Waals surface area contributed by atoms with Crippen LogP contribution in [0.1, 0.15) is 51.4 Å². The molecule has 2 aliphatic carbocycles. The Kier molecular flexibility index (Phi) is 5.76. The van der Waals surface area contributed by atoms with Crippen LogP contribution in [0.5, 0.6) is 0 Å². The summed E-state index contributed by atoms with van der Waals surface area (Å²) in [5.74, 6) is 1.88. The monoisotopic (exact) mass is 425 g/mol. The van der Waals surface area contributed by atoms with Gasteiger partial charge in [0.25, 0.3) is 0 Å². The molecule has 0 spiro atoms. The second-order valence-electron chi connectivity index (χ2n) is 10.1. The Balaban J connectivity index is 1.34. The predicted molar refractivity (Wildman–Crippen MR) is 120 cm³/mol. The normalized spacial score (nSPS) is 28.8. The fourth-order valence-electron chi connectivity index (χ4n) is 5.77. The van der Waals surface area contributed by atoms with Crippen LogP contribution in [-0.4, -0.2) is 60.6 Å². The minimum Gasteiger partial charge on any atom is -0.355 e. The van der Waals surface area contributed by atoms with E-state index in [-0.39, 0.29) is 17.9 Å². The molecule has 2 saturated heterocycles. The lowest BCUT2D eigenvalue weighted by Crippen LogP contribution is -2.50. The lowest BCUT2D eigenvalue weighted by atomic mass is 9.74. The van der Waals surface area contributed by atoms with Crippen LogP contribution in [0.2, 0.25) is 0 Å². The number of pyridine rings is 1. The second kappa shape index (κ2) is 8.67. The van der Waals surface area contributed by atoms with E-state index in [1.54, 1.807) is 0 Å². The van der Waals surface area contributed by atoms with Crippen LogP contribution in [0.4, 0.5) is 10.6 Å². The fourth-order valence-corrected chi connectivity index (χ4v) is 5.77. The highest BCUT2D eigenvalue weighted by Gasteiger charge is 2.54. The number of nitrogens with zero attached hydrogens (tertiary/aromatic N) is 3. The lowest BCUT2D eigenvalue weighted by Gasteiger charge is -2.32. The number of carbonyl (C=O) groups is 2. The van der Waals surface area contributed by atoms with Gasteiger partial charge in [-0.2, -0.15) is 0 Å². The van der Waals surface area contributed by atoms with Crippen molar-refractivity contribution in [2.24, 2.45) is 17.3 Å². The maximum atomic E-state index is 13.5. The Bertz CT molecular complexity index is 792. The van der Waals surface area contributed by atoms with E-state index in [1.165, 1.54) is 25.7 Å². The largest absolute Gasteiger partial charge is 0.355 e. The van der Waals surface area contributed by atoms with Gasteiger partial charge in [-0.1, -0.05) is 18.9 Å². The van der Waals surface area contributed by atoms with Crippen LogP contribution in [0, 0.1) is 17.3 Å². The minimum absolute atomic E-state index is 0.0531. The molecular formula is C24H35N5O2. The topological polar surface area (TPSA) is 77.6 Å². The molecule has 2 atom stereocenters. The van der Waals surface area contributed by atoms with Gasteiger partial charge in [0.1, 0.15) is 5.82 Å². The molecule has 1 aromatic rings. The minimum atomic E-state index is -0.450. The first-order chi connectivity index (χ1) is 15.1. The number of likely N-dealkylation sites (tertiary alicyclic amines) is 1. The van der Waals surface area contributed by atoms with Crippen molar-refractivity contribution < 1.29 is 9.59 Å². The summed E-state index contributed by atoms with van der Waals surface area (Å²) in [5.41, 5.74) is -0.450. The maximum absolute atomic E-state index is 13.5. The molecule has 2 N–H and O–H groups in total. The third-order valence-electron chi connectivity index (χ3n) is 7.83. The van der Waals surface area contributed by atoms with Gasteiger partial charge in [-0.15, -0.1) is 0 Å². The van der Waals surface area contributed by atoms with Crippen LogP contribution in [0.15, 0.2) is 24.4 Å². The van der Waals surface area contributed by atoms with Gasteiger partial charge in [0.05, 0.1) is 5.41 Å². The Labute approximate surface area is 185 Å². The van der Waals surface area contributed by atoms with Crippen LogP contribution >= 0.6 is 0 Å². The van der Waals surface area contributed by atoms with E-state index in [0.717, 1.165) is 51.1 Å². The van der Waals surface area contributed by atoms with Gasteiger partial charge in [0, 0.05) is 50.9 Å². The molecule has 7 nitrogen and oxygen atoms in total. The zero-order chi connectivity index (χ0) is 21.3. The van der Waals surface area contributed by atoms with Crippen molar-refractivity contribution in [3.05, 3.63) is 24.4 Å². The highest BCUT2D eigenvalue weighted by Crippen LogP contribution is 2.44. The second-order valence-corrected chi connectivity index (χ2v) is 10.1. The molecule has 2 saturated carbocycles. The molecule has 4 aliphatic rings. The van der Waals surface area contributed by atoms with Gasteiger partial charge in [-0.05, 0) is 56.6 Å². The number of urea groups is 1. The van der Waals surface area contributed by atoms with E-state index in [0.29, 0.717) is 25.0 Å². The quantitative estimate of drug-likeness (QED) is 0.761. The summed E-state index contributed by atoms with van der Waals surface area (Å²) in [4.78, 5) is 35.3. The molecule has 3 heterocycles. The summed E-state index contributed by atoms with van der Waals surface area (Å²) in [7, 11) is 0. The maximum Gasteiger partial charge on any atom is 0.317 e. The number of amides is 3. The third kappa shape index (κ3) is 4.37. The zero-order valence-electron chi connectivity index (χ0n) is 18.4. The van der Waals surface area contributed by atoms with E-state index in [4.69, 9.17) is 0 Å². The van der Waals surface area contributed by atoms with Crippen LogP contribution in [-0.2, 0) is 4.79 Å². The third-order valence-corrected chi connectivity index (χ3v) is 7.83. The van der Waals surface area contributed by atoms with E-state index < -0.39 is 5.41 Å². The molecule has 1 aromatic heterocycles. The summed E-state index contributed by atoms with van der Waals surface area (Å²) < 4.78 is 0. The Hall–Kier alpha value is -2.31. The molecule has 7 heteroatoms. The van der Waals surface area contributed by atoms with Crippen LogP contribution in [0.25, 0.3) is 0 Å². The smallest absolute Gasteiger partial charge is 0.317 e. The Morgan fingerprint density at radius 3 is 2.68 bits per heavy atom. The molecular weight excluding hydrogens is 390 g/mol. The van der Waals surface area contributed by atoms with Gasteiger partial charge < -0.3 is 20.4 Å². The number of rotatable bonds is 5. The Morgan fingerprint density at radius 2 is 1.94 bits per heavy atom. The standard InChI is InChI=1S/C24H35N5O2/c30-22(26-14-18-9-10-18)24-11-5-13-28(23(31)27-20-6-1-2-7-20)15-19(24)16-29(17-24)21-8-3-4-12-25-21/h3-4,8,12,18-20H,1-2,5-7,9-11,13-17H2,(H,26,30)(H,27,31)/t19-,24-/m0/s1. The Morgan fingerprint density at radius 1 is 1.10 bits per heavy atom. The fraction of sp³-hybridized carbons (Fsp3) is 0.708. The van der Waals surface area contributed by atoms with E-state index in [1.807, 2.05) is 29.3 Å². The molecule has 4 fully saturated rings. The summed E-state index contributed by atoms with van der Waals surface area (Å²) in [6.45, 7) is 3.61. The highest BCUT2D eigenvalue weighted by atomic mass is 16.2. The SMILES string of the molecule is O=C(NC1CCCC1)N1CCC[C@]2(C(=O)NCC3CC3)CN(c3ccccn3)C[C@@H]2C1. The predicted octanol–water partition coefficient (Wildman–Crippen LogP) is 2.78. The number of fused-ring (bicyclic) bond motifs is 1. The number of nitrogens with one attached hydrogen (secondary N) is 2. The van der Waals surface area contributed by atoms with Gasteiger partial charge >= 0.3 is 6.03 Å². The number of aromatic nitrogens is 1. The molecule has 0 aromatic carbocycles. The first-order valence-corrected chi connectivity index (χ1v) is 12.1. The average Bonchev–Trinajstić information content (AvgIpc) is 3.41. The van der Waals surface area contributed by atoms with Crippen molar-refractivity contribution >= 4 is 17.8 Å². The molecule has 0 bridgehead atoms. The number of hydrogen-bond donors (Lipinski definition) is 2. The summed E-state index contributed by atoms with van der Waals surface area (Å²) >= 11 is 0. The molecule has 0 radical (unpaired) electrons. The van der Waals surface area contributed by atoms with Crippen molar-refractivity contribution in [3.63, 3.8) is 0 Å². The average molecular weight is 426 g/mol. The van der Waals surface area contributed by atoms with Gasteiger partial charge in [0.15, 0.2) is 0 Å². The highest BCUT2D eigenvalue weighted by molar-refractivity contribution is 5.85. The zero-order valence-corrected chi connectivity index (χ0v) is 18.4. The molecule has 3 amide bonds. The summed E-state index contributed by atoms with van der Waals surface area (Å²) in [6.07, 6.45) is 10.5. The summed E-state index contributed by atoms with van der Waals surface area (Å²) in [5, 5.41) is 6.52. The molecule has 168 valence electrons. The first-order valence-electron chi connectivity index (χ1n) is 12.1. The van der Waals surface area contributed by atoms with Crippen molar-refractivity contribution in [2.45, 2.75) is 57.4 Å². The van der Waals surface area contributed by atoms with E-state index in [9.17, 15) is 9.59 Å².